The van der Waals surface area contributed by atoms with E-state index in [-0.39, 0.29) is 43.4 Å². The van der Waals surface area contributed by atoms with Gasteiger partial charge in [-0.15, -0.1) is 0 Å². The van der Waals surface area contributed by atoms with E-state index in [9.17, 15) is 43.8 Å². The summed E-state index contributed by atoms with van der Waals surface area (Å²) in [6.45, 7) is 5.18. The highest BCUT2D eigenvalue weighted by Gasteiger charge is 2.32. The van der Waals surface area contributed by atoms with Crippen LogP contribution < -0.4 is 32.3 Å². The van der Waals surface area contributed by atoms with E-state index in [1.54, 1.807) is 11.8 Å². The first-order chi connectivity index (χ1) is 31.1. The van der Waals surface area contributed by atoms with Crippen LogP contribution in [0.15, 0.2) is 60.7 Å². The zero-order valence-electron chi connectivity index (χ0n) is 39.0. The van der Waals surface area contributed by atoms with Gasteiger partial charge in [0.15, 0.2) is 0 Å². The van der Waals surface area contributed by atoms with Gasteiger partial charge in [0.2, 0.25) is 35.4 Å². The molecule has 0 radical (unpaired) electrons. The highest BCUT2D eigenvalue weighted by molar-refractivity contribution is 7.98. The normalized spacial score (nSPS) is 13.9. The molecule has 0 fully saturated rings. The van der Waals surface area contributed by atoms with Crippen LogP contribution in [0, 0.1) is 5.92 Å². The number of aliphatic hydroxyl groups is 1. The Hall–Kier alpha value is -4.96. The number of hydrogen-bond donors (Lipinski definition) is 8. The average Bonchev–Trinajstić information content (AvgIpc) is 3.26. The number of carboxylic acid groups (broad SMARTS) is 1. The molecule has 2 aromatic rings. The number of carboxylic acids is 1. The zero-order valence-corrected chi connectivity index (χ0v) is 39.8. The van der Waals surface area contributed by atoms with Crippen molar-refractivity contribution in [1.29, 1.82) is 0 Å². The topological polar surface area (TPSA) is 246 Å². The molecule has 6 atom stereocenters. The Bertz CT molecular complexity index is 1730. The Labute approximate surface area is 390 Å². The van der Waals surface area contributed by atoms with Crippen molar-refractivity contribution >= 4 is 53.2 Å². The minimum Gasteiger partial charge on any atom is -0.480 e. The highest BCUT2D eigenvalue weighted by Crippen LogP contribution is 2.15. The Morgan fingerprint density at radius 3 is 1.40 bits per heavy atom. The molecule has 0 saturated carbocycles. The van der Waals surface area contributed by atoms with E-state index in [1.807, 2.05) is 80.8 Å². The van der Waals surface area contributed by atoms with Crippen LogP contribution in [0.2, 0.25) is 0 Å². The SMILES string of the molecule is CSCC[C@H](NC(=O)CCCCCCCCCCCCCCC(=O)N[C@H](C(=O)N[C@@H](CC(C)C)C(=O)N[C@@H](Cc1ccccc1)C(N)=O)[C@@H](C)O)C(=O)N[C@@H](Cc1ccccc1)C(=O)O. The van der Waals surface area contributed by atoms with Crippen LogP contribution in [-0.4, -0.2) is 99.9 Å². The van der Waals surface area contributed by atoms with Crippen molar-refractivity contribution in [3.05, 3.63) is 71.8 Å². The first kappa shape index (κ1) is 56.2. The van der Waals surface area contributed by atoms with Crippen molar-refractivity contribution in [2.45, 2.75) is 173 Å². The minimum atomic E-state index is -1.26. The van der Waals surface area contributed by atoms with E-state index in [2.05, 4.69) is 26.6 Å². The van der Waals surface area contributed by atoms with Crippen molar-refractivity contribution in [1.82, 2.24) is 26.6 Å². The molecule has 0 aliphatic rings. The molecule has 362 valence electrons. The maximum atomic E-state index is 13.3. The number of aliphatic hydroxyl groups excluding tert-OH is 1. The Morgan fingerprint density at radius 1 is 0.554 bits per heavy atom. The second-order valence-electron chi connectivity index (χ2n) is 17.4. The van der Waals surface area contributed by atoms with Crippen LogP contribution in [0.4, 0.5) is 0 Å². The maximum absolute atomic E-state index is 13.3. The molecular weight excluding hydrogens is 849 g/mol. The molecule has 0 aliphatic heterocycles. The van der Waals surface area contributed by atoms with Gasteiger partial charge in [-0.2, -0.15) is 11.8 Å². The molecule has 9 N–H and O–H groups in total. The second kappa shape index (κ2) is 32.7. The number of carbonyl (C=O) groups excluding carboxylic acids is 6. The molecule has 0 saturated heterocycles. The molecule has 0 heterocycles. The molecule has 2 rings (SSSR count). The number of unbranched alkanes of at least 4 members (excludes halogenated alkanes) is 11. The molecule has 0 spiro atoms. The molecule has 0 aliphatic carbocycles. The summed E-state index contributed by atoms with van der Waals surface area (Å²) in [4.78, 5) is 89.3. The van der Waals surface area contributed by atoms with Gasteiger partial charge in [-0.3, -0.25) is 28.8 Å². The summed E-state index contributed by atoms with van der Waals surface area (Å²) < 4.78 is 0. The third kappa shape index (κ3) is 24.8. The van der Waals surface area contributed by atoms with Crippen LogP contribution in [0.3, 0.4) is 0 Å². The van der Waals surface area contributed by atoms with E-state index in [0.29, 0.717) is 31.4 Å². The fourth-order valence-electron chi connectivity index (χ4n) is 7.39. The monoisotopic (exact) mass is 925 g/mol. The van der Waals surface area contributed by atoms with Gasteiger partial charge in [0.1, 0.15) is 30.2 Å². The number of rotatable bonds is 35. The van der Waals surface area contributed by atoms with Crippen LogP contribution in [-0.2, 0) is 46.4 Å². The van der Waals surface area contributed by atoms with Crippen LogP contribution in [0.25, 0.3) is 0 Å². The molecular formula is C49H76N6O9S. The first-order valence-corrected chi connectivity index (χ1v) is 24.8. The minimum absolute atomic E-state index is 0.00508. The summed E-state index contributed by atoms with van der Waals surface area (Å²) in [5.41, 5.74) is 7.20. The van der Waals surface area contributed by atoms with Crippen molar-refractivity contribution in [3.63, 3.8) is 0 Å². The van der Waals surface area contributed by atoms with Gasteiger partial charge in [0.25, 0.3) is 0 Å². The molecule has 15 nitrogen and oxygen atoms in total. The number of nitrogens with two attached hydrogens (primary N) is 1. The van der Waals surface area contributed by atoms with Crippen molar-refractivity contribution in [2.75, 3.05) is 12.0 Å². The predicted molar refractivity (Wildman–Crippen MR) is 256 cm³/mol. The molecule has 0 aromatic heterocycles. The Balaban J connectivity index is 1.61. The number of primary amides is 1. The lowest BCUT2D eigenvalue weighted by Gasteiger charge is -2.26. The van der Waals surface area contributed by atoms with Crippen molar-refractivity contribution in [2.24, 2.45) is 11.7 Å². The number of thioether (sulfide) groups is 1. The number of amides is 6. The van der Waals surface area contributed by atoms with E-state index in [0.717, 1.165) is 75.3 Å². The standard InChI is InChI=1S/C49H76N6O9S/c1-34(2)31-40(47(61)52-39(45(50)59)32-36-23-17-15-18-24-36)53-48(62)44(35(3)56)55-43(58)28-22-14-12-10-8-6-5-7-9-11-13-21-27-42(57)51-38(29-30-65-4)46(60)54-41(49(63)64)33-37-25-19-16-20-26-37/h15-20,23-26,34-35,38-41,44,56H,5-14,21-22,27-33H2,1-4H3,(H2,50,59)(H,51,57)(H,52,61)(H,53,62)(H,54,60)(H,55,58)(H,63,64)/t35-,38+,39+,40+,41+,44+/m1/s1. The van der Waals surface area contributed by atoms with E-state index < -0.39 is 65.9 Å². The fraction of sp³-hybridized carbons (Fsp3) is 0.612. The van der Waals surface area contributed by atoms with Gasteiger partial charge in [-0.05, 0) is 61.7 Å². The van der Waals surface area contributed by atoms with Gasteiger partial charge in [0, 0.05) is 25.7 Å². The zero-order chi connectivity index (χ0) is 48.0. The van der Waals surface area contributed by atoms with Gasteiger partial charge in [0.05, 0.1) is 6.10 Å². The van der Waals surface area contributed by atoms with E-state index in [4.69, 9.17) is 5.73 Å². The summed E-state index contributed by atoms with van der Waals surface area (Å²) in [6.07, 6.45) is 13.9. The van der Waals surface area contributed by atoms with Gasteiger partial charge in [-0.1, -0.05) is 139 Å². The van der Waals surface area contributed by atoms with Crippen LogP contribution in [0.5, 0.6) is 0 Å². The molecule has 6 amide bonds. The molecule has 0 unspecified atom stereocenters. The third-order valence-electron chi connectivity index (χ3n) is 11.1. The lowest BCUT2D eigenvalue weighted by molar-refractivity contribution is -0.142. The quantitative estimate of drug-likeness (QED) is 0.0425. The summed E-state index contributed by atoms with van der Waals surface area (Å²) in [7, 11) is 0. The molecule has 2 aromatic carbocycles. The average molecular weight is 925 g/mol. The summed E-state index contributed by atoms with van der Waals surface area (Å²) in [6, 6.07) is 13.1. The Kier molecular flexibility index (Phi) is 28.2. The molecule has 0 bridgehead atoms. The molecule has 65 heavy (non-hydrogen) atoms. The number of carbonyl (C=O) groups is 7. The van der Waals surface area contributed by atoms with Crippen molar-refractivity contribution in [3.8, 4) is 0 Å². The van der Waals surface area contributed by atoms with Gasteiger partial charge >= 0.3 is 5.97 Å². The number of aliphatic carboxylic acids is 1. The summed E-state index contributed by atoms with van der Waals surface area (Å²) >= 11 is 1.55. The summed E-state index contributed by atoms with van der Waals surface area (Å²) in [5.74, 6) is -3.51. The number of hydrogen-bond acceptors (Lipinski definition) is 9. The smallest absolute Gasteiger partial charge is 0.326 e. The summed E-state index contributed by atoms with van der Waals surface area (Å²) in [5, 5.41) is 33.5. The van der Waals surface area contributed by atoms with Crippen molar-refractivity contribution < 1.29 is 43.8 Å². The van der Waals surface area contributed by atoms with E-state index >= 15 is 0 Å². The van der Waals surface area contributed by atoms with Crippen LogP contribution in [0.1, 0.15) is 135 Å². The lowest BCUT2D eigenvalue weighted by atomic mass is 10.0. The lowest BCUT2D eigenvalue weighted by Crippen LogP contribution is -2.59. The van der Waals surface area contributed by atoms with Gasteiger partial charge < -0.3 is 42.5 Å². The number of benzene rings is 2. The third-order valence-corrected chi connectivity index (χ3v) is 11.7. The Morgan fingerprint density at radius 2 is 0.969 bits per heavy atom. The fourth-order valence-corrected chi connectivity index (χ4v) is 7.86. The maximum Gasteiger partial charge on any atom is 0.326 e. The predicted octanol–water partition coefficient (Wildman–Crippen LogP) is 5.11. The van der Waals surface area contributed by atoms with E-state index in [1.165, 1.54) is 6.92 Å². The second-order valence-corrected chi connectivity index (χ2v) is 18.3. The first-order valence-electron chi connectivity index (χ1n) is 23.4. The largest absolute Gasteiger partial charge is 0.480 e. The number of nitrogens with one attached hydrogen (secondary N) is 5. The van der Waals surface area contributed by atoms with Gasteiger partial charge in [-0.25, -0.2) is 4.79 Å². The molecule has 16 heteroatoms. The van der Waals surface area contributed by atoms with Crippen LogP contribution >= 0.6 is 11.8 Å². The highest BCUT2D eigenvalue weighted by atomic mass is 32.2.